The van der Waals surface area contributed by atoms with E-state index in [9.17, 15) is 0 Å². The van der Waals surface area contributed by atoms with Gasteiger partial charge in [-0.05, 0) is 6.42 Å². The van der Waals surface area contributed by atoms with Crippen molar-refractivity contribution in [3.8, 4) is 11.8 Å². The summed E-state index contributed by atoms with van der Waals surface area (Å²) in [7, 11) is -0.765. The minimum absolute atomic E-state index is 0.114. The van der Waals surface area contributed by atoms with Gasteiger partial charge in [0.1, 0.15) is 6.10 Å². The molecule has 0 spiro atoms. The van der Waals surface area contributed by atoms with Crippen molar-refractivity contribution >= 4 is 7.12 Å². The van der Waals surface area contributed by atoms with E-state index in [1.165, 1.54) is 12.8 Å². The lowest BCUT2D eigenvalue weighted by Gasteiger charge is -2.15. The molecule has 0 amide bonds. The highest BCUT2D eigenvalue weighted by Gasteiger charge is 2.18. The van der Waals surface area contributed by atoms with Crippen LogP contribution >= 0.6 is 0 Å². The fourth-order valence-electron chi connectivity index (χ4n) is 1.33. The Kier molecular flexibility index (Phi) is 5.43. The molecular formula is C11H17BO2. The molecule has 2 nitrogen and oxygen atoms in total. The molecule has 1 aliphatic heterocycles. The summed E-state index contributed by atoms with van der Waals surface area (Å²) in [6, 6.07) is 0. The Bertz CT molecular complexity index is 239. The van der Waals surface area contributed by atoms with E-state index in [4.69, 9.17) is 9.68 Å². The van der Waals surface area contributed by atoms with Gasteiger partial charge in [-0.3, -0.25) is 0 Å². The minimum atomic E-state index is -0.765. The van der Waals surface area contributed by atoms with Crippen LogP contribution in [-0.2, 0) is 4.65 Å². The molecule has 76 valence electrons. The van der Waals surface area contributed by atoms with Gasteiger partial charge in [0.25, 0.3) is 0 Å². The van der Waals surface area contributed by atoms with Gasteiger partial charge in [-0.1, -0.05) is 37.7 Å². The van der Waals surface area contributed by atoms with Crippen molar-refractivity contribution in [2.75, 3.05) is 0 Å². The van der Waals surface area contributed by atoms with Gasteiger partial charge >= 0.3 is 7.12 Å². The van der Waals surface area contributed by atoms with Crippen LogP contribution in [0.4, 0.5) is 0 Å². The highest BCUT2D eigenvalue weighted by atomic mass is 16.5. The molecule has 1 heterocycles. The maximum absolute atomic E-state index is 9.14. The van der Waals surface area contributed by atoms with Crippen LogP contribution in [0.2, 0.25) is 0 Å². The molecule has 1 unspecified atom stereocenters. The molecule has 0 aromatic carbocycles. The topological polar surface area (TPSA) is 29.5 Å². The second kappa shape index (κ2) is 6.70. The summed E-state index contributed by atoms with van der Waals surface area (Å²) in [5.41, 5.74) is 0. The number of hydrogen-bond donors (Lipinski definition) is 1. The minimum Gasteiger partial charge on any atom is -0.423 e. The van der Waals surface area contributed by atoms with E-state index in [1.807, 2.05) is 6.08 Å². The van der Waals surface area contributed by atoms with Gasteiger partial charge in [0.05, 0.1) is 0 Å². The molecular weight excluding hydrogens is 175 g/mol. The van der Waals surface area contributed by atoms with E-state index in [1.54, 1.807) is 5.98 Å². The lowest BCUT2D eigenvalue weighted by molar-refractivity contribution is 0.216. The predicted octanol–water partition coefficient (Wildman–Crippen LogP) is 1.93. The first-order chi connectivity index (χ1) is 6.83. The second-order valence-electron chi connectivity index (χ2n) is 3.46. The van der Waals surface area contributed by atoms with Gasteiger partial charge in [0.15, 0.2) is 0 Å². The number of rotatable bonds is 3. The zero-order valence-electron chi connectivity index (χ0n) is 8.70. The van der Waals surface area contributed by atoms with Crippen LogP contribution in [-0.4, -0.2) is 18.2 Å². The van der Waals surface area contributed by atoms with Crippen LogP contribution in [0.5, 0.6) is 0 Å². The number of unbranched alkanes of at least 4 members (excludes halogenated alkanes) is 3. The quantitative estimate of drug-likeness (QED) is 0.420. The Balaban J connectivity index is 2.19. The van der Waals surface area contributed by atoms with Crippen LogP contribution in [0.1, 0.15) is 39.0 Å². The summed E-state index contributed by atoms with van der Waals surface area (Å²) >= 11 is 0. The SMILES string of the molecule is CCCCCC#CC1CC=CB(O)O1. The highest BCUT2D eigenvalue weighted by Crippen LogP contribution is 2.07. The van der Waals surface area contributed by atoms with Crippen molar-refractivity contribution in [1.82, 2.24) is 0 Å². The van der Waals surface area contributed by atoms with Gasteiger partial charge in [0, 0.05) is 12.8 Å². The smallest absolute Gasteiger partial charge is 0.423 e. The third kappa shape index (κ3) is 4.50. The van der Waals surface area contributed by atoms with E-state index in [2.05, 4.69) is 18.8 Å². The van der Waals surface area contributed by atoms with Gasteiger partial charge in [0.2, 0.25) is 0 Å². The molecule has 0 aliphatic carbocycles. The van der Waals surface area contributed by atoms with Gasteiger partial charge in [-0.2, -0.15) is 0 Å². The van der Waals surface area contributed by atoms with Gasteiger partial charge < -0.3 is 9.68 Å². The first-order valence-corrected chi connectivity index (χ1v) is 5.31. The number of hydrogen-bond acceptors (Lipinski definition) is 2. The molecule has 1 aliphatic rings. The van der Waals surface area contributed by atoms with E-state index < -0.39 is 7.12 Å². The molecule has 0 fully saturated rings. The lowest BCUT2D eigenvalue weighted by atomic mass is 9.86. The average Bonchev–Trinajstić information content (AvgIpc) is 2.18. The standard InChI is InChI=1S/C11H17BO2/c1-2-3-4-5-6-8-11-9-7-10-12(13)14-11/h7,10-11,13H,2-5,9H2,1H3. The summed E-state index contributed by atoms with van der Waals surface area (Å²) in [5.74, 6) is 7.77. The fraction of sp³-hybridized carbons (Fsp3) is 0.636. The van der Waals surface area contributed by atoms with Crippen LogP contribution in [0.3, 0.4) is 0 Å². The Labute approximate surface area is 86.5 Å². The van der Waals surface area contributed by atoms with E-state index in [-0.39, 0.29) is 6.10 Å². The van der Waals surface area contributed by atoms with Gasteiger partial charge in [-0.15, -0.1) is 5.92 Å². The summed E-state index contributed by atoms with van der Waals surface area (Å²) in [6.45, 7) is 2.18. The van der Waals surface area contributed by atoms with E-state index >= 15 is 0 Å². The molecule has 0 saturated carbocycles. The van der Waals surface area contributed by atoms with Crippen molar-refractivity contribution in [3.63, 3.8) is 0 Å². The fourth-order valence-corrected chi connectivity index (χ4v) is 1.33. The Hall–Kier alpha value is -0.715. The van der Waals surface area contributed by atoms with Crippen LogP contribution in [0.25, 0.3) is 0 Å². The van der Waals surface area contributed by atoms with Crippen molar-refractivity contribution in [2.45, 2.75) is 45.1 Å². The van der Waals surface area contributed by atoms with Crippen molar-refractivity contribution < 1.29 is 9.68 Å². The molecule has 0 aromatic rings. The summed E-state index contributed by atoms with van der Waals surface area (Å²) < 4.78 is 5.19. The summed E-state index contributed by atoms with van der Waals surface area (Å²) in [4.78, 5) is 0. The predicted molar refractivity (Wildman–Crippen MR) is 58.5 cm³/mol. The molecule has 0 saturated heterocycles. The summed E-state index contributed by atoms with van der Waals surface area (Å²) in [5, 5.41) is 9.14. The molecule has 1 rings (SSSR count). The third-order valence-electron chi connectivity index (χ3n) is 2.12. The normalized spacial score (nSPS) is 20.4. The Morgan fingerprint density at radius 3 is 3.14 bits per heavy atom. The van der Waals surface area contributed by atoms with Crippen LogP contribution in [0, 0.1) is 11.8 Å². The molecule has 1 atom stereocenters. The monoisotopic (exact) mass is 192 g/mol. The molecule has 0 bridgehead atoms. The summed E-state index contributed by atoms with van der Waals surface area (Å²) in [6.07, 6.45) is 7.15. The van der Waals surface area contributed by atoms with Crippen molar-refractivity contribution in [3.05, 3.63) is 12.1 Å². The zero-order valence-corrected chi connectivity index (χ0v) is 8.70. The maximum Gasteiger partial charge on any atom is 0.484 e. The first kappa shape index (κ1) is 11.4. The van der Waals surface area contributed by atoms with Crippen molar-refractivity contribution in [1.29, 1.82) is 0 Å². The molecule has 3 heteroatoms. The van der Waals surface area contributed by atoms with Crippen molar-refractivity contribution in [2.24, 2.45) is 0 Å². The molecule has 1 N–H and O–H groups in total. The Morgan fingerprint density at radius 2 is 2.43 bits per heavy atom. The third-order valence-corrected chi connectivity index (χ3v) is 2.12. The molecule has 0 radical (unpaired) electrons. The maximum atomic E-state index is 9.14. The van der Waals surface area contributed by atoms with Crippen LogP contribution in [0.15, 0.2) is 12.1 Å². The van der Waals surface area contributed by atoms with E-state index in [0.29, 0.717) is 0 Å². The van der Waals surface area contributed by atoms with Gasteiger partial charge in [-0.25, -0.2) is 0 Å². The zero-order chi connectivity index (χ0) is 10.2. The molecule has 14 heavy (non-hydrogen) atoms. The van der Waals surface area contributed by atoms with Crippen LogP contribution < -0.4 is 0 Å². The highest BCUT2D eigenvalue weighted by molar-refractivity contribution is 6.49. The average molecular weight is 192 g/mol. The molecule has 0 aromatic heterocycles. The second-order valence-corrected chi connectivity index (χ2v) is 3.46. The largest absolute Gasteiger partial charge is 0.484 e. The first-order valence-electron chi connectivity index (χ1n) is 5.31. The lowest BCUT2D eigenvalue weighted by Crippen LogP contribution is -2.26. The Morgan fingerprint density at radius 1 is 1.57 bits per heavy atom. The van der Waals surface area contributed by atoms with E-state index in [0.717, 1.165) is 19.3 Å².